The van der Waals surface area contributed by atoms with Crippen molar-refractivity contribution in [2.45, 2.75) is 0 Å². The van der Waals surface area contributed by atoms with Gasteiger partial charge in [0.15, 0.2) is 0 Å². The number of ether oxygens (including phenoxy) is 2. The summed E-state index contributed by atoms with van der Waals surface area (Å²) in [4.78, 5) is 0. The highest BCUT2D eigenvalue weighted by atomic mass is 127. The van der Waals surface area contributed by atoms with Crippen molar-refractivity contribution in [1.29, 1.82) is 0 Å². The van der Waals surface area contributed by atoms with E-state index in [1.165, 1.54) is 0 Å². The third-order valence-electron chi connectivity index (χ3n) is 1.43. The molecule has 0 unspecified atom stereocenters. The maximum absolute atomic E-state index is 5.15. The molecule has 0 saturated carbocycles. The molecule has 0 aliphatic heterocycles. The van der Waals surface area contributed by atoms with E-state index in [-0.39, 0.29) is 0 Å². The van der Waals surface area contributed by atoms with E-state index in [9.17, 15) is 0 Å². The van der Waals surface area contributed by atoms with Crippen LogP contribution in [0.4, 0.5) is 0 Å². The highest BCUT2D eigenvalue weighted by Crippen LogP contribution is 2.30. The predicted molar refractivity (Wildman–Crippen MR) is 65.0 cm³/mol. The average molecular weight is 390 g/mol. The van der Waals surface area contributed by atoms with Gasteiger partial charge in [-0.25, -0.2) is 0 Å². The second kappa shape index (κ2) is 4.50. The summed E-state index contributed by atoms with van der Waals surface area (Å²) < 4.78 is 12.5. The Morgan fingerprint density at radius 1 is 0.917 bits per heavy atom. The monoisotopic (exact) mass is 390 g/mol. The van der Waals surface area contributed by atoms with Crippen LogP contribution in [-0.2, 0) is 0 Å². The molecule has 0 aromatic heterocycles. The van der Waals surface area contributed by atoms with Crippen molar-refractivity contribution in [2.24, 2.45) is 0 Å². The number of hydrogen-bond donors (Lipinski definition) is 0. The zero-order valence-corrected chi connectivity index (χ0v) is 11.0. The summed E-state index contributed by atoms with van der Waals surface area (Å²) in [6.45, 7) is 0. The first kappa shape index (κ1) is 10.4. The Labute approximate surface area is 98.9 Å². The van der Waals surface area contributed by atoms with Crippen LogP contribution in [0.3, 0.4) is 0 Å². The first-order valence-electron chi connectivity index (χ1n) is 3.26. The molecule has 0 aliphatic carbocycles. The van der Waals surface area contributed by atoms with E-state index in [1.54, 1.807) is 14.2 Å². The summed E-state index contributed by atoms with van der Waals surface area (Å²) in [6.07, 6.45) is 0. The van der Waals surface area contributed by atoms with Gasteiger partial charge in [-0.1, -0.05) is 0 Å². The molecule has 0 spiro atoms. The maximum atomic E-state index is 5.15. The Morgan fingerprint density at radius 3 is 1.67 bits per heavy atom. The van der Waals surface area contributed by atoms with Crippen LogP contribution in [0.5, 0.6) is 11.5 Å². The number of hydrogen-bond acceptors (Lipinski definition) is 2. The standard InChI is InChI=1S/C8H8I2O2/c1-11-7-4-8(12-2)6(10)3-5(7)9/h3-4H,1-2H3. The summed E-state index contributed by atoms with van der Waals surface area (Å²) in [5.41, 5.74) is 0. The summed E-state index contributed by atoms with van der Waals surface area (Å²) in [6, 6.07) is 3.92. The van der Waals surface area contributed by atoms with Crippen LogP contribution in [0, 0.1) is 7.14 Å². The SMILES string of the molecule is COc1cc(OC)c(I)cc1I. The Kier molecular flexibility index (Phi) is 3.88. The predicted octanol–water partition coefficient (Wildman–Crippen LogP) is 2.91. The number of benzene rings is 1. The molecule has 0 N–H and O–H groups in total. The lowest BCUT2D eigenvalue weighted by Gasteiger charge is -2.07. The van der Waals surface area contributed by atoms with E-state index in [1.807, 2.05) is 12.1 Å². The molecule has 1 aromatic rings. The van der Waals surface area contributed by atoms with Gasteiger partial charge in [0, 0.05) is 6.07 Å². The lowest BCUT2D eigenvalue weighted by molar-refractivity contribution is 0.390. The molecule has 0 fully saturated rings. The molecule has 12 heavy (non-hydrogen) atoms. The van der Waals surface area contributed by atoms with Gasteiger partial charge in [0.1, 0.15) is 11.5 Å². The first-order valence-corrected chi connectivity index (χ1v) is 5.41. The molecule has 0 bridgehead atoms. The fraction of sp³-hybridized carbons (Fsp3) is 0.250. The highest BCUT2D eigenvalue weighted by molar-refractivity contribution is 14.1. The normalized spacial score (nSPS) is 9.67. The summed E-state index contributed by atoms with van der Waals surface area (Å²) in [5.74, 6) is 1.71. The largest absolute Gasteiger partial charge is 0.496 e. The molecular weight excluding hydrogens is 382 g/mol. The zero-order valence-electron chi connectivity index (χ0n) is 6.73. The van der Waals surface area contributed by atoms with E-state index in [4.69, 9.17) is 9.47 Å². The van der Waals surface area contributed by atoms with Gasteiger partial charge in [0.25, 0.3) is 0 Å². The number of rotatable bonds is 2. The Hall–Kier alpha value is 0.280. The van der Waals surface area contributed by atoms with Gasteiger partial charge < -0.3 is 9.47 Å². The minimum absolute atomic E-state index is 0.855. The van der Waals surface area contributed by atoms with Crippen LogP contribution >= 0.6 is 45.2 Å². The van der Waals surface area contributed by atoms with Crippen LogP contribution in [0.1, 0.15) is 0 Å². The minimum atomic E-state index is 0.855. The van der Waals surface area contributed by atoms with Crippen LogP contribution < -0.4 is 9.47 Å². The van der Waals surface area contributed by atoms with Gasteiger partial charge in [-0.15, -0.1) is 0 Å². The summed E-state index contributed by atoms with van der Waals surface area (Å²) in [7, 11) is 3.31. The van der Waals surface area contributed by atoms with E-state index in [0.29, 0.717) is 0 Å². The van der Waals surface area contributed by atoms with Gasteiger partial charge in [-0.3, -0.25) is 0 Å². The smallest absolute Gasteiger partial charge is 0.135 e. The highest BCUT2D eigenvalue weighted by Gasteiger charge is 2.06. The summed E-state index contributed by atoms with van der Waals surface area (Å²) in [5, 5.41) is 0. The first-order chi connectivity index (χ1) is 5.69. The van der Waals surface area contributed by atoms with Crippen molar-refractivity contribution in [3.05, 3.63) is 19.3 Å². The van der Waals surface area contributed by atoms with E-state index in [2.05, 4.69) is 45.2 Å². The van der Waals surface area contributed by atoms with Gasteiger partial charge in [-0.05, 0) is 51.2 Å². The molecule has 0 saturated heterocycles. The minimum Gasteiger partial charge on any atom is -0.496 e. The zero-order chi connectivity index (χ0) is 9.14. The third-order valence-corrected chi connectivity index (χ3v) is 3.11. The van der Waals surface area contributed by atoms with Gasteiger partial charge in [0.05, 0.1) is 21.4 Å². The molecule has 0 radical (unpaired) electrons. The fourth-order valence-electron chi connectivity index (χ4n) is 0.823. The third kappa shape index (κ3) is 2.15. The van der Waals surface area contributed by atoms with Crippen LogP contribution in [0.2, 0.25) is 0 Å². The number of halogens is 2. The molecule has 0 aliphatic rings. The van der Waals surface area contributed by atoms with Gasteiger partial charge in [0.2, 0.25) is 0 Å². The van der Waals surface area contributed by atoms with Gasteiger partial charge in [-0.2, -0.15) is 0 Å². The fourth-order valence-corrected chi connectivity index (χ4v) is 2.79. The molecule has 0 amide bonds. The van der Waals surface area contributed by atoms with Crippen molar-refractivity contribution in [2.75, 3.05) is 14.2 Å². The van der Waals surface area contributed by atoms with Crippen LogP contribution in [-0.4, -0.2) is 14.2 Å². The van der Waals surface area contributed by atoms with Crippen molar-refractivity contribution in [3.63, 3.8) is 0 Å². The average Bonchev–Trinajstić information content (AvgIpc) is 2.05. The summed E-state index contributed by atoms with van der Waals surface area (Å²) >= 11 is 4.47. The molecule has 66 valence electrons. The van der Waals surface area contributed by atoms with Crippen LogP contribution in [0.15, 0.2) is 12.1 Å². The molecule has 0 heterocycles. The van der Waals surface area contributed by atoms with Crippen molar-refractivity contribution in [3.8, 4) is 11.5 Å². The Balaban J connectivity index is 3.18. The maximum Gasteiger partial charge on any atom is 0.135 e. The topological polar surface area (TPSA) is 18.5 Å². The molecule has 1 aromatic carbocycles. The Bertz CT molecular complexity index is 261. The van der Waals surface area contributed by atoms with E-state index >= 15 is 0 Å². The molecule has 0 atom stereocenters. The molecular formula is C8H8I2O2. The Morgan fingerprint density at radius 2 is 1.33 bits per heavy atom. The van der Waals surface area contributed by atoms with E-state index < -0.39 is 0 Å². The second-order valence-electron chi connectivity index (χ2n) is 2.12. The van der Waals surface area contributed by atoms with Gasteiger partial charge >= 0.3 is 0 Å². The molecule has 2 nitrogen and oxygen atoms in total. The molecule has 1 rings (SSSR count). The lowest BCUT2D eigenvalue weighted by Crippen LogP contribution is -1.92. The van der Waals surface area contributed by atoms with Crippen molar-refractivity contribution < 1.29 is 9.47 Å². The number of methoxy groups -OCH3 is 2. The lowest BCUT2D eigenvalue weighted by atomic mass is 10.3. The van der Waals surface area contributed by atoms with Crippen molar-refractivity contribution in [1.82, 2.24) is 0 Å². The van der Waals surface area contributed by atoms with E-state index in [0.717, 1.165) is 18.6 Å². The quantitative estimate of drug-likeness (QED) is 0.724. The second-order valence-corrected chi connectivity index (χ2v) is 4.45. The van der Waals surface area contributed by atoms with Crippen molar-refractivity contribution >= 4 is 45.2 Å². The molecule has 4 heteroatoms. The van der Waals surface area contributed by atoms with Crippen LogP contribution in [0.25, 0.3) is 0 Å².